The van der Waals surface area contributed by atoms with Gasteiger partial charge in [0.1, 0.15) is 6.04 Å². The van der Waals surface area contributed by atoms with Gasteiger partial charge < -0.3 is 0 Å². The first-order valence-corrected chi connectivity index (χ1v) is 7.32. The van der Waals surface area contributed by atoms with Gasteiger partial charge in [-0.2, -0.15) is 9.98 Å². The molecule has 0 bridgehead atoms. The second-order valence-corrected chi connectivity index (χ2v) is 6.56. The number of sulfonamides is 1. The molecule has 1 aromatic carbocycles. The van der Waals surface area contributed by atoms with Crippen molar-refractivity contribution in [1.82, 2.24) is 4.72 Å². The Bertz CT molecular complexity index is 517. The van der Waals surface area contributed by atoms with Gasteiger partial charge in [-0.05, 0) is 30.2 Å². The smallest absolute Gasteiger partial charge is 0.207 e. The minimum atomic E-state index is -3.63. The molecule has 1 rings (SSSR count). The highest BCUT2D eigenvalue weighted by Gasteiger charge is 2.21. The van der Waals surface area contributed by atoms with Gasteiger partial charge in [0, 0.05) is 4.47 Å². The number of nitrogens with zero attached hydrogens (tertiary/aromatic N) is 1. The van der Waals surface area contributed by atoms with Crippen LogP contribution in [0.1, 0.15) is 13.8 Å². The van der Waals surface area contributed by atoms with Gasteiger partial charge in [-0.3, -0.25) is 0 Å². The molecule has 0 unspecified atom stereocenters. The van der Waals surface area contributed by atoms with Gasteiger partial charge in [-0.15, -0.1) is 0 Å². The largest absolute Gasteiger partial charge is 0.241 e. The first kappa shape index (κ1) is 14.2. The molecule has 0 aliphatic carbocycles. The van der Waals surface area contributed by atoms with Crippen LogP contribution >= 0.6 is 15.9 Å². The highest BCUT2D eigenvalue weighted by atomic mass is 79.9. The minimum absolute atomic E-state index is 0.0785. The highest BCUT2D eigenvalue weighted by molar-refractivity contribution is 9.10. The van der Waals surface area contributed by atoms with E-state index in [-0.39, 0.29) is 10.8 Å². The number of hydrogen-bond donors (Lipinski definition) is 1. The topological polar surface area (TPSA) is 70.0 Å². The SMILES string of the molecule is CC(C)[C@H](C#N)NS(=O)(=O)c1ccc(Br)cc1. The van der Waals surface area contributed by atoms with E-state index in [1.54, 1.807) is 26.0 Å². The van der Waals surface area contributed by atoms with Crippen LogP contribution in [0.4, 0.5) is 0 Å². The summed E-state index contributed by atoms with van der Waals surface area (Å²) in [6.45, 7) is 3.58. The van der Waals surface area contributed by atoms with E-state index in [0.717, 1.165) is 4.47 Å². The van der Waals surface area contributed by atoms with E-state index in [2.05, 4.69) is 20.7 Å². The molecule has 0 fully saturated rings. The Morgan fingerprint density at radius 3 is 2.24 bits per heavy atom. The van der Waals surface area contributed by atoms with Gasteiger partial charge in [0.05, 0.1) is 11.0 Å². The number of hydrogen-bond acceptors (Lipinski definition) is 3. The minimum Gasteiger partial charge on any atom is -0.207 e. The molecule has 1 atom stereocenters. The summed E-state index contributed by atoms with van der Waals surface area (Å²) in [6, 6.07) is 7.48. The Balaban J connectivity index is 2.97. The number of benzene rings is 1. The molecule has 0 saturated heterocycles. The second-order valence-electron chi connectivity index (χ2n) is 3.93. The van der Waals surface area contributed by atoms with E-state index in [9.17, 15) is 8.42 Å². The van der Waals surface area contributed by atoms with Gasteiger partial charge in [0.25, 0.3) is 0 Å². The molecule has 0 heterocycles. The van der Waals surface area contributed by atoms with Crippen LogP contribution in [0.5, 0.6) is 0 Å². The quantitative estimate of drug-likeness (QED) is 0.926. The van der Waals surface area contributed by atoms with E-state index >= 15 is 0 Å². The lowest BCUT2D eigenvalue weighted by molar-refractivity contribution is 0.515. The molecule has 0 aliphatic rings. The summed E-state index contributed by atoms with van der Waals surface area (Å²) in [5.41, 5.74) is 0. The molecule has 0 aliphatic heterocycles. The first-order valence-electron chi connectivity index (χ1n) is 5.04. The maximum Gasteiger partial charge on any atom is 0.241 e. The molecular formula is C11H13BrN2O2S. The summed E-state index contributed by atoms with van der Waals surface area (Å²) < 4.78 is 27.1. The molecule has 1 N–H and O–H groups in total. The molecular weight excluding hydrogens is 304 g/mol. The number of nitriles is 1. The summed E-state index contributed by atoms with van der Waals surface area (Å²) >= 11 is 3.23. The third-order valence-corrected chi connectivity index (χ3v) is 4.20. The summed E-state index contributed by atoms with van der Waals surface area (Å²) in [4.78, 5) is 0.154. The Morgan fingerprint density at radius 1 is 1.29 bits per heavy atom. The predicted octanol–water partition coefficient (Wildman–Crippen LogP) is 2.28. The maximum absolute atomic E-state index is 11.9. The Kier molecular flexibility index (Phi) is 4.69. The molecule has 0 radical (unpaired) electrons. The molecule has 17 heavy (non-hydrogen) atoms. The van der Waals surface area contributed by atoms with Crippen molar-refractivity contribution >= 4 is 26.0 Å². The maximum atomic E-state index is 11.9. The van der Waals surface area contributed by atoms with Crippen LogP contribution in [0, 0.1) is 17.2 Å². The summed E-state index contributed by atoms with van der Waals surface area (Å²) in [5, 5.41) is 8.87. The Morgan fingerprint density at radius 2 is 1.82 bits per heavy atom. The van der Waals surface area contributed by atoms with Gasteiger partial charge >= 0.3 is 0 Å². The number of rotatable bonds is 4. The zero-order chi connectivity index (χ0) is 13.1. The predicted molar refractivity (Wildman–Crippen MR) is 68.7 cm³/mol. The zero-order valence-corrected chi connectivity index (χ0v) is 11.9. The standard InChI is InChI=1S/C11H13BrN2O2S/c1-8(2)11(7-13)14-17(15,16)10-5-3-9(12)4-6-10/h3-6,8,11,14H,1-2H3/t11-/m0/s1. The van der Waals surface area contributed by atoms with E-state index in [0.29, 0.717) is 0 Å². The van der Waals surface area contributed by atoms with Crippen LogP contribution in [0.15, 0.2) is 33.6 Å². The fraction of sp³-hybridized carbons (Fsp3) is 0.364. The normalized spacial score (nSPS) is 13.4. The molecule has 0 aromatic heterocycles. The molecule has 0 spiro atoms. The first-order chi connectivity index (χ1) is 7.86. The molecule has 4 nitrogen and oxygen atoms in total. The van der Waals surface area contributed by atoms with Gasteiger partial charge in [-0.25, -0.2) is 8.42 Å². The lowest BCUT2D eigenvalue weighted by atomic mass is 10.1. The zero-order valence-electron chi connectivity index (χ0n) is 9.51. The van der Waals surface area contributed by atoms with Crippen LogP contribution in [-0.2, 0) is 10.0 Å². The van der Waals surface area contributed by atoms with Crippen LogP contribution in [0.2, 0.25) is 0 Å². The third-order valence-electron chi connectivity index (χ3n) is 2.21. The van der Waals surface area contributed by atoms with E-state index in [1.807, 2.05) is 6.07 Å². The third kappa shape index (κ3) is 3.80. The highest BCUT2D eigenvalue weighted by Crippen LogP contribution is 2.15. The summed E-state index contributed by atoms with van der Waals surface area (Å²) in [6.07, 6.45) is 0. The van der Waals surface area contributed by atoms with Gasteiger partial charge in [0.2, 0.25) is 10.0 Å². The monoisotopic (exact) mass is 316 g/mol. The lowest BCUT2D eigenvalue weighted by Crippen LogP contribution is -2.37. The average molecular weight is 317 g/mol. The Hall–Kier alpha value is -0.900. The second kappa shape index (κ2) is 5.63. The molecule has 6 heteroatoms. The number of halogens is 1. The van der Waals surface area contributed by atoms with E-state index in [1.165, 1.54) is 12.1 Å². The van der Waals surface area contributed by atoms with Crippen molar-refractivity contribution in [2.24, 2.45) is 5.92 Å². The molecule has 92 valence electrons. The molecule has 0 amide bonds. The van der Waals surface area contributed by atoms with Crippen LogP contribution < -0.4 is 4.72 Å². The lowest BCUT2D eigenvalue weighted by Gasteiger charge is -2.15. The van der Waals surface area contributed by atoms with Crippen molar-refractivity contribution in [2.75, 3.05) is 0 Å². The fourth-order valence-electron chi connectivity index (χ4n) is 1.16. The van der Waals surface area contributed by atoms with Gasteiger partial charge in [0.15, 0.2) is 0 Å². The van der Waals surface area contributed by atoms with Crippen molar-refractivity contribution in [3.05, 3.63) is 28.7 Å². The van der Waals surface area contributed by atoms with Crippen LogP contribution in [0.25, 0.3) is 0 Å². The van der Waals surface area contributed by atoms with E-state index in [4.69, 9.17) is 5.26 Å². The summed E-state index contributed by atoms with van der Waals surface area (Å²) in [5.74, 6) is -0.0785. The van der Waals surface area contributed by atoms with Crippen LogP contribution in [-0.4, -0.2) is 14.5 Å². The van der Waals surface area contributed by atoms with E-state index < -0.39 is 16.1 Å². The van der Waals surface area contributed by atoms with Crippen LogP contribution in [0.3, 0.4) is 0 Å². The van der Waals surface area contributed by atoms with Crippen molar-refractivity contribution < 1.29 is 8.42 Å². The molecule has 1 aromatic rings. The van der Waals surface area contributed by atoms with Crippen molar-refractivity contribution in [3.63, 3.8) is 0 Å². The average Bonchev–Trinajstić information content (AvgIpc) is 2.26. The van der Waals surface area contributed by atoms with Crippen molar-refractivity contribution in [2.45, 2.75) is 24.8 Å². The summed E-state index contributed by atoms with van der Waals surface area (Å²) in [7, 11) is -3.63. The Labute approximate surface area is 110 Å². The number of nitrogens with one attached hydrogen (secondary N) is 1. The van der Waals surface area contributed by atoms with Crippen molar-refractivity contribution in [3.8, 4) is 6.07 Å². The van der Waals surface area contributed by atoms with Crippen molar-refractivity contribution in [1.29, 1.82) is 5.26 Å². The fourth-order valence-corrected chi connectivity index (χ4v) is 2.71. The molecule has 0 saturated carbocycles. The van der Waals surface area contributed by atoms with Gasteiger partial charge in [-0.1, -0.05) is 29.8 Å².